The molecule has 8 atom stereocenters. The average Bonchev–Trinajstić information content (AvgIpc) is 3.22. The molecule has 4 nitrogen and oxygen atoms in total. The largest absolute Gasteiger partial charge is 0.481 e. The van der Waals surface area contributed by atoms with E-state index in [0.29, 0.717) is 30.1 Å². The molecule has 39 heavy (non-hydrogen) atoms. The van der Waals surface area contributed by atoms with Gasteiger partial charge in [-0.25, -0.2) is 0 Å². The lowest BCUT2D eigenvalue weighted by Gasteiger charge is -2.66. The lowest BCUT2D eigenvalue weighted by molar-refractivity contribution is -0.161. The van der Waals surface area contributed by atoms with Gasteiger partial charge in [-0.2, -0.15) is 0 Å². The van der Waals surface area contributed by atoms with E-state index in [-0.39, 0.29) is 34.9 Å². The Balaban J connectivity index is 1.36. The van der Waals surface area contributed by atoms with Crippen LogP contribution >= 0.6 is 0 Å². The Kier molecular flexibility index (Phi) is 6.17. The van der Waals surface area contributed by atoms with Gasteiger partial charge in [0.2, 0.25) is 0 Å². The molecule has 1 aromatic rings. The van der Waals surface area contributed by atoms with E-state index in [4.69, 9.17) is 0 Å². The van der Waals surface area contributed by atoms with Crippen LogP contribution in [-0.4, -0.2) is 23.1 Å². The van der Waals surface area contributed by atoms with Crippen LogP contribution in [0.5, 0.6) is 0 Å². The quantitative estimate of drug-likeness (QED) is 0.405. The lowest BCUT2D eigenvalue weighted by atomic mass is 9.38. The summed E-state index contributed by atoms with van der Waals surface area (Å²) in [6, 6.07) is 8.06. The fraction of sp³-hybridized carbons (Fsp3) is 0.629. The predicted octanol–water partition coefficient (Wildman–Crippen LogP) is 7.78. The molecule has 0 aliphatic heterocycles. The van der Waals surface area contributed by atoms with E-state index < -0.39 is 11.4 Å². The van der Waals surface area contributed by atoms with Crippen molar-refractivity contribution in [1.29, 1.82) is 0 Å². The zero-order valence-electron chi connectivity index (χ0n) is 24.3. The standard InChI is InChI=1S/C35H44O4/c1-20(2)30-28(37)18-35(32(38)39)17-14-27-25(31(30)35)10-11-29-33(4)15-12-24(23-8-6-22(19-36)7-9-23)21(3)26(33)13-16-34(27,29)5/h6-9,12,19-21,25-27,29H,10-11,13-18H2,1-5H3,(H,38,39). The fourth-order valence-corrected chi connectivity index (χ4v) is 10.9. The number of aliphatic carboxylic acids is 1. The molecule has 0 heterocycles. The van der Waals surface area contributed by atoms with E-state index >= 15 is 0 Å². The van der Waals surface area contributed by atoms with Gasteiger partial charge in [0.25, 0.3) is 0 Å². The zero-order valence-corrected chi connectivity index (χ0v) is 24.3. The Morgan fingerprint density at radius 1 is 1.00 bits per heavy atom. The van der Waals surface area contributed by atoms with Crippen molar-refractivity contribution < 1.29 is 19.5 Å². The highest BCUT2D eigenvalue weighted by Crippen LogP contribution is 2.71. The van der Waals surface area contributed by atoms with Crippen molar-refractivity contribution in [2.24, 2.45) is 51.8 Å². The van der Waals surface area contributed by atoms with Crippen molar-refractivity contribution >= 4 is 23.6 Å². The maximum Gasteiger partial charge on any atom is 0.314 e. The number of rotatable bonds is 4. The predicted molar refractivity (Wildman–Crippen MR) is 153 cm³/mol. The monoisotopic (exact) mass is 528 g/mol. The van der Waals surface area contributed by atoms with Crippen LogP contribution in [0.2, 0.25) is 0 Å². The van der Waals surface area contributed by atoms with E-state index in [1.54, 1.807) is 0 Å². The molecule has 0 amide bonds. The molecule has 5 aliphatic carbocycles. The lowest BCUT2D eigenvalue weighted by Crippen LogP contribution is -2.59. The molecule has 3 saturated carbocycles. The van der Waals surface area contributed by atoms with Crippen LogP contribution in [-0.2, 0) is 9.59 Å². The summed E-state index contributed by atoms with van der Waals surface area (Å²) in [7, 11) is 0. The Morgan fingerprint density at radius 2 is 1.69 bits per heavy atom. The van der Waals surface area contributed by atoms with E-state index in [2.05, 4.69) is 52.8 Å². The number of ketones is 1. The van der Waals surface area contributed by atoms with Crippen molar-refractivity contribution in [1.82, 2.24) is 0 Å². The number of carboxylic acid groups (broad SMARTS) is 1. The summed E-state index contributed by atoms with van der Waals surface area (Å²) in [5, 5.41) is 10.5. The number of hydrogen-bond acceptors (Lipinski definition) is 3. The zero-order chi connectivity index (χ0) is 27.9. The Morgan fingerprint density at radius 3 is 2.33 bits per heavy atom. The highest BCUT2D eigenvalue weighted by molar-refractivity contribution is 6.05. The summed E-state index contributed by atoms with van der Waals surface area (Å²) in [6.07, 6.45) is 10.7. The summed E-state index contributed by atoms with van der Waals surface area (Å²) in [5.41, 5.74) is 4.69. The van der Waals surface area contributed by atoms with Gasteiger partial charge in [0.15, 0.2) is 5.78 Å². The molecule has 208 valence electrons. The number of Topliss-reactive ketones (excluding diaryl/α,β-unsaturated/α-hetero) is 1. The van der Waals surface area contributed by atoms with Gasteiger partial charge >= 0.3 is 5.97 Å². The van der Waals surface area contributed by atoms with E-state index in [0.717, 1.165) is 48.7 Å². The molecule has 6 rings (SSSR count). The molecule has 4 heteroatoms. The summed E-state index contributed by atoms with van der Waals surface area (Å²) < 4.78 is 0. The van der Waals surface area contributed by atoms with Gasteiger partial charge in [-0.3, -0.25) is 14.4 Å². The van der Waals surface area contributed by atoms with Crippen molar-refractivity contribution in [3.63, 3.8) is 0 Å². The molecule has 5 aliphatic rings. The summed E-state index contributed by atoms with van der Waals surface area (Å²) in [5.74, 6) is 1.74. The van der Waals surface area contributed by atoms with Crippen LogP contribution in [0.3, 0.4) is 0 Å². The number of allylic oxidation sites excluding steroid dienone is 3. The molecule has 0 aromatic heterocycles. The molecule has 1 N–H and O–H groups in total. The number of carbonyl (C=O) groups excluding carboxylic acids is 2. The van der Waals surface area contributed by atoms with Gasteiger partial charge in [-0.05, 0) is 114 Å². The molecule has 0 spiro atoms. The molecular weight excluding hydrogens is 484 g/mol. The first-order valence-electron chi connectivity index (χ1n) is 15.2. The molecular formula is C35H44O4. The van der Waals surface area contributed by atoms with Crippen LogP contribution in [0.1, 0.15) is 102 Å². The highest BCUT2D eigenvalue weighted by Gasteiger charge is 2.65. The van der Waals surface area contributed by atoms with Crippen LogP contribution < -0.4 is 0 Å². The number of carboxylic acids is 1. The third-order valence-electron chi connectivity index (χ3n) is 12.6. The molecule has 3 fully saturated rings. The minimum absolute atomic E-state index is 0.0783. The van der Waals surface area contributed by atoms with Crippen molar-refractivity contribution in [3.8, 4) is 0 Å². The fourth-order valence-electron chi connectivity index (χ4n) is 10.9. The minimum atomic E-state index is -0.960. The molecule has 8 unspecified atom stereocenters. The topological polar surface area (TPSA) is 71.4 Å². The molecule has 0 bridgehead atoms. The second kappa shape index (κ2) is 9.01. The van der Waals surface area contributed by atoms with Crippen molar-refractivity contribution in [3.05, 3.63) is 52.6 Å². The molecule has 0 saturated heterocycles. The summed E-state index contributed by atoms with van der Waals surface area (Å²) in [4.78, 5) is 37.2. The van der Waals surface area contributed by atoms with Gasteiger partial charge in [0.05, 0.1) is 5.41 Å². The average molecular weight is 529 g/mol. The maximum absolute atomic E-state index is 13.2. The smallest absolute Gasteiger partial charge is 0.314 e. The third-order valence-corrected chi connectivity index (χ3v) is 12.6. The summed E-state index contributed by atoms with van der Waals surface area (Å²) in [6.45, 7) is 11.6. The molecule has 0 radical (unpaired) electrons. The van der Waals surface area contributed by atoms with Gasteiger partial charge in [0, 0.05) is 12.0 Å². The Hall–Kier alpha value is -2.49. The maximum atomic E-state index is 13.2. The number of aldehydes is 1. The first-order chi connectivity index (χ1) is 18.5. The summed E-state index contributed by atoms with van der Waals surface area (Å²) >= 11 is 0. The molecule has 1 aromatic carbocycles. The van der Waals surface area contributed by atoms with E-state index in [1.165, 1.54) is 24.0 Å². The van der Waals surface area contributed by atoms with Crippen molar-refractivity contribution in [2.45, 2.75) is 86.0 Å². The van der Waals surface area contributed by atoms with Crippen LogP contribution in [0.25, 0.3) is 5.57 Å². The van der Waals surface area contributed by atoms with Crippen LogP contribution in [0.4, 0.5) is 0 Å². The highest BCUT2D eigenvalue weighted by atomic mass is 16.4. The minimum Gasteiger partial charge on any atom is -0.481 e. The van der Waals surface area contributed by atoms with Gasteiger partial charge in [-0.15, -0.1) is 0 Å². The first-order valence-corrected chi connectivity index (χ1v) is 15.2. The number of hydrogen-bond donors (Lipinski definition) is 1. The normalized spacial score (nSPS) is 41.3. The third kappa shape index (κ3) is 3.58. The second-order valence-electron chi connectivity index (χ2n) is 14.4. The number of fused-ring (bicyclic) bond motifs is 7. The van der Waals surface area contributed by atoms with Gasteiger partial charge in [-0.1, -0.05) is 65.0 Å². The Labute approximate surface area is 233 Å². The second-order valence-corrected chi connectivity index (χ2v) is 14.4. The van der Waals surface area contributed by atoms with E-state index in [1.807, 2.05) is 12.1 Å². The van der Waals surface area contributed by atoms with Gasteiger partial charge in [0.1, 0.15) is 6.29 Å². The van der Waals surface area contributed by atoms with Crippen molar-refractivity contribution in [2.75, 3.05) is 0 Å². The van der Waals surface area contributed by atoms with E-state index in [9.17, 15) is 19.5 Å². The van der Waals surface area contributed by atoms with Crippen LogP contribution in [0.15, 0.2) is 41.5 Å². The number of benzene rings is 1. The van der Waals surface area contributed by atoms with Gasteiger partial charge < -0.3 is 5.11 Å². The Bertz CT molecular complexity index is 1280. The van der Waals surface area contributed by atoms with Crippen LogP contribution in [0, 0.1) is 51.8 Å². The first kappa shape index (κ1) is 26.7. The number of carbonyl (C=O) groups is 3. The SMILES string of the molecule is CC(C)C1=C2C3CCC4C5(C)CC=C(c6ccc(C=O)cc6)C(C)C5CCC4(C)C3CCC2(C(=O)O)CC1=O.